The fourth-order valence-electron chi connectivity index (χ4n) is 10.7. The molecule has 0 saturated heterocycles. The van der Waals surface area contributed by atoms with E-state index in [0.717, 1.165) is 77.4 Å². The molecular weight excluding hydrogens is 1060 g/mol. The molecule has 11 aromatic rings. The summed E-state index contributed by atoms with van der Waals surface area (Å²) in [6, 6.07) is 68.5. The number of para-hydroxylation sites is 4. The molecule has 12 rings (SSSR count). The SMILES string of the molecule is [2H]C([2H])([2H])c1cc(-n2c3[c-]c(Oc4[c-]c5c(cc4)CCC5n4[c](=[Pt])n(-c5c(-c6ccccc6)cccc5-c5cc(C(C)(C)C)cc(C(C)(C)C)c5)c5ccccc54)ccc3c3ccccc32)ncc1-c1ccccc1. The summed E-state index contributed by atoms with van der Waals surface area (Å²) in [6.45, 7) is 11.5. The number of imidazole rings is 1. The van der Waals surface area contributed by atoms with Crippen LogP contribution in [0, 0.1) is 22.8 Å². The number of hydrogen-bond donors (Lipinski definition) is 0. The standard InChI is InChI=1S/C66H56N4O.Pt/c1-43-35-63(67-41-57(43)45-21-12-9-13-22-45)70-59-26-15-14-23-54(59)55-33-32-51(40-62(55)70)71-50-31-29-46-30-34-58(56(46)39-50)68-42-69(61-28-17-16-27-60(61)68)64-52(44-19-10-8-11-20-44)24-18-25-53(64)47-36-48(65(2,3)4)38-49(37-47)66(5,6)7;/h8-29,31-33,35-38,41,58H,30,34H2,1-7H3;/q-2;/i1D3;. The molecule has 3 aromatic heterocycles. The summed E-state index contributed by atoms with van der Waals surface area (Å²) in [4.78, 5) is 4.92. The van der Waals surface area contributed by atoms with Gasteiger partial charge in [0.15, 0.2) is 0 Å². The zero-order chi connectivity index (χ0) is 52.0. The number of ether oxygens (including phenoxy) is 1. The van der Waals surface area contributed by atoms with E-state index in [1.165, 1.54) is 27.8 Å². The summed E-state index contributed by atoms with van der Waals surface area (Å²) < 4.78 is 40.6. The summed E-state index contributed by atoms with van der Waals surface area (Å²) in [5.41, 5.74) is 16.3. The van der Waals surface area contributed by atoms with Crippen LogP contribution in [0.25, 0.3) is 77.7 Å². The Balaban J connectivity index is 0.974. The molecule has 1 aliphatic carbocycles. The molecule has 1 atom stereocenters. The van der Waals surface area contributed by atoms with Crippen LogP contribution in [0.3, 0.4) is 0 Å². The van der Waals surface area contributed by atoms with Crippen LogP contribution in [-0.4, -0.2) is 18.7 Å². The average Bonchev–Trinajstić information content (AvgIpc) is 4.08. The van der Waals surface area contributed by atoms with Crippen molar-refractivity contribution in [1.82, 2.24) is 18.7 Å². The molecule has 0 N–H and O–H groups in total. The van der Waals surface area contributed by atoms with Gasteiger partial charge in [0.25, 0.3) is 0 Å². The molecule has 0 bridgehead atoms. The minimum Gasteiger partial charge on any atom is -0.238 e. The van der Waals surface area contributed by atoms with Crippen molar-refractivity contribution < 1.29 is 28.2 Å². The molecular formula is C66H56N4OPt-2. The summed E-state index contributed by atoms with van der Waals surface area (Å²) >= 11 is 2.57. The second kappa shape index (κ2) is 17.8. The van der Waals surface area contributed by atoms with Gasteiger partial charge in [0.1, 0.15) is 0 Å². The van der Waals surface area contributed by atoms with Gasteiger partial charge in [-0.05, 0) is 30.1 Å². The van der Waals surface area contributed by atoms with Crippen molar-refractivity contribution in [3.63, 3.8) is 0 Å². The first-order valence-corrected chi connectivity index (χ1v) is 25.9. The third kappa shape index (κ3) is 7.99. The first-order valence-electron chi connectivity index (χ1n) is 26.3. The van der Waals surface area contributed by atoms with Crippen LogP contribution in [0.15, 0.2) is 182 Å². The van der Waals surface area contributed by atoms with Gasteiger partial charge in [-0.2, -0.15) is 0 Å². The van der Waals surface area contributed by atoms with E-state index >= 15 is 0 Å². The molecule has 5 nitrogen and oxygen atoms in total. The minimum absolute atomic E-state index is 0.0161. The van der Waals surface area contributed by atoms with Crippen LogP contribution < -0.4 is 4.74 Å². The molecule has 0 spiro atoms. The van der Waals surface area contributed by atoms with Crippen molar-refractivity contribution >= 4 is 32.8 Å². The molecule has 1 aliphatic rings. The van der Waals surface area contributed by atoms with Crippen molar-refractivity contribution in [3.8, 4) is 56.4 Å². The smallest absolute Gasteiger partial charge is 0.238 e. The normalized spacial score (nSPS) is 14.7. The van der Waals surface area contributed by atoms with E-state index in [4.69, 9.17) is 13.8 Å². The number of aryl methyl sites for hydroxylation is 2. The summed E-state index contributed by atoms with van der Waals surface area (Å²) in [6.07, 6.45) is 3.49. The van der Waals surface area contributed by atoms with Gasteiger partial charge in [-0.25, -0.2) is 4.98 Å². The second-order valence-corrected chi connectivity index (χ2v) is 22.1. The molecule has 0 saturated carbocycles. The Kier molecular flexibility index (Phi) is 10.4. The zero-order valence-corrected chi connectivity index (χ0v) is 43.6. The van der Waals surface area contributed by atoms with E-state index in [1.807, 2.05) is 65.2 Å². The monoisotopic (exact) mass is 1120 g/mol. The molecule has 0 radical (unpaired) electrons. The van der Waals surface area contributed by atoms with Crippen molar-refractivity contribution in [2.45, 2.75) is 78.1 Å². The zero-order valence-electron chi connectivity index (χ0n) is 44.3. The number of pyridine rings is 1. The molecule has 72 heavy (non-hydrogen) atoms. The van der Waals surface area contributed by atoms with E-state index < -0.39 is 6.85 Å². The van der Waals surface area contributed by atoms with Gasteiger partial charge in [0.05, 0.1) is 0 Å². The molecule has 6 heteroatoms. The van der Waals surface area contributed by atoms with E-state index in [-0.39, 0.29) is 22.4 Å². The van der Waals surface area contributed by atoms with Gasteiger partial charge in [-0.1, -0.05) is 48.5 Å². The number of hydrogen-bond acceptors (Lipinski definition) is 2. The Labute approximate surface area is 437 Å². The number of aromatic nitrogens is 4. The molecule has 0 fully saturated rings. The first-order chi connectivity index (χ1) is 36.0. The molecule has 0 amide bonds. The number of benzene rings is 8. The third-order valence-electron chi connectivity index (χ3n) is 14.4. The van der Waals surface area contributed by atoms with Crippen LogP contribution in [0.2, 0.25) is 0 Å². The molecule has 1 unspecified atom stereocenters. The molecule has 8 aromatic carbocycles. The summed E-state index contributed by atoms with van der Waals surface area (Å²) in [7, 11) is 0. The van der Waals surface area contributed by atoms with Gasteiger partial charge in [-0.15, -0.1) is 0 Å². The fourth-order valence-corrected chi connectivity index (χ4v) is 11.8. The number of rotatable bonds is 8. The molecule has 3 heterocycles. The van der Waals surface area contributed by atoms with E-state index in [2.05, 4.69) is 191 Å². The van der Waals surface area contributed by atoms with Gasteiger partial charge >= 0.3 is 341 Å². The van der Waals surface area contributed by atoms with Gasteiger partial charge < -0.3 is 0 Å². The average molecular weight is 1120 g/mol. The quantitative estimate of drug-likeness (QED) is 0.142. The van der Waals surface area contributed by atoms with Crippen LogP contribution in [0.5, 0.6) is 11.5 Å². The predicted octanol–water partition coefficient (Wildman–Crippen LogP) is 16.8. The van der Waals surface area contributed by atoms with Crippen LogP contribution in [-0.2, 0) is 36.6 Å². The van der Waals surface area contributed by atoms with Crippen molar-refractivity contribution in [2.75, 3.05) is 0 Å². The molecule has 358 valence electrons. The first kappa shape index (κ1) is 42.4. The Morgan fingerprint density at radius 1 is 0.583 bits per heavy atom. The maximum absolute atomic E-state index is 8.57. The minimum atomic E-state index is -2.38. The van der Waals surface area contributed by atoms with Gasteiger partial charge in [-0.3, -0.25) is 0 Å². The maximum atomic E-state index is 8.57. The number of fused-ring (bicyclic) bond motifs is 5. The Bertz CT molecular complexity index is 4050. The predicted molar refractivity (Wildman–Crippen MR) is 292 cm³/mol. The van der Waals surface area contributed by atoms with Crippen LogP contribution in [0.4, 0.5) is 0 Å². The fraction of sp³-hybridized carbons (Fsp3) is 0.182. The summed E-state index contributed by atoms with van der Waals surface area (Å²) in [5, 5.41) is 1.96. The van der Waals surface area contributed by atoms with Crippen molar-refractivity contribution in [1.29, 1.82) is 0 Å². The van der Waals surface area contributed by atoms with Crippen molar-refractivity contribution in [2.24, 2.45) is 0 Å². The Morgan fingerprint density at radius 2 is 1.19 bits per heavy atom. The van der Waals surface area contributed by atoms with Crippen LogP contribution >= 0.6 is 0 Å². The Morgan fingerprint density at radius 3 is 1.89 bits per heavy atom. The second-order valence-electron chi connectivity index (χ2n) is 21.1. The summed E-state index contributed by atoms with van der Waals surface area (Å²) in [5.74, 6) is 1.60. The van der Waals surface area contributed by atoms with Gasteiger partial charge in [0, 0.05) is 15.9 Å². The number of nitrogens with zero attached hydrogens (tertiary/aromatic N) is 4. The Hall–Kier alpha value is -7.33. The van der Waals surface area contributed by atoms with E-state index in [9.17, 15) is 0 Å². The van der Waals surface area contributed by atoms with Gasteiger partial charge in [0.2, 0.25) is 0 Å². The van der Waals surface area contributed by atoms with Crippen LogP contribution in [0.1, 0.15) is 85.9 Å². The third-order valence-corrected chi connectivity index (χ3v) is 15.5. The van der Waals surface area contributed by atoms with E-state index in [0.29, 0.717) is 22.9 Å². The molecule has 0 aliphatic heterocycles. The van der Waals surface area contributed by atoms with E-state index in [1.54, 1.807) is 12.3 Å². The topological polar surface area (TPSA) is 36.9 Å². The van der Waals surface area contributed by atoms with Crippen molar-refractivity contribution in [3.05, 3.63) is 226 Å².